The van der Waals surface area contributed by atoms with Gasteiger partial charge >= 0.3 is 0 Å². The minimum absolute atomic E-state index is 0.657. The molecular weight excluding hydrogens is 176 g/mol. The molecule has 1 unspecified atom stereocenters. The summed E-state index contributed by atoms with van der Waals surface area (Å²) in [4.78, 5) is 10.5. The van der Waals surface area contributed by atoms with E-state index >= 15 is 0 Å². The van der Waals surface area contributed by atoms with Crippen molar-refractivity contribution in [2.24, 2.45) is 0 Å². The predicted octanol–water partition coefficient (Wildman–Crippen LogP) is 3.46. The van der Waals surface area contributed by atoms with Crippen molar-refractivity contribution in [3.63, 3.8) is 0 Å². The van der Waals surface area contributed by atoms with Crippen LogP contribution in [0.15, 0.2) is 12.7 Å². The van der Waals surface area contributed by atoms with Gasteiger partial charge in [-0.2, -0.15) is 0 Å². The van der Waals surface area contributed by atoms with Gasteiger partial charge in [-0.25, -0.2) is 0 Å². The Morgan fingerprint density at radius 1 is 1.38 bits per heavy atom. The highest BCUT2D eigenvalue weighted by molar-refractivity contribution is 6.74. The van der Waals surface area contributed by atoms with E-state index in [2.05, 4.69) is 13.5 Å². The maximum Gasteiger partial charge on any atom is 0.195 e. The summed E-state index contributed by atoms with van der Waals surface area (Å²) < 4.78 is 0. The highest BCUT2D eigenvalue weighted by atomic mass is 28.4. The third-order valence-corrected chi connectivity index (χ3v) is 7.79. The van der Waals surface area contributed by atoms with Crippen LogP contribution in [0.1, 0.15) is 39.0 Å². The lowest BCUT2D eigenvalue weighted by atomic mass is 10.0. The topological polar surface area (TPSA) is 20.2 Å². The summed E-state index contributed by atoms with van der Waals surface area (Å²) in [6, 6.07) is 1.90. The number of hydrogen-bond donors (Lipinski definition) is 1. The van der Waals surface area contributed by atoms with E-state index in [1.807, 2.05) is 6.08 Å². The van der Waals surface area contributed by atoms with Gasteiger partial charge in [-0.1, -0.05) is 45.1 Å². The average molecular weight is 198 g/mol. The van der Waals surface area contributed by atoms with Crippen LogP contribution in [0.5, 0.6) is 0 Å². The fraction of sp³-hybridized carbons (Fsp3) is 0.818. The quantitative estimate of drug-likeness (QED) is 0.542. The first-order chi connectivity index (χ1) is 6.23. The molecule has 1 N–H and O–H groups in total. The molecule has 1 saturated carbocycles. The molecule has 2 heteroatoms. The third kappa shape index (κ3) is 2.68. The van der Waals surface area contributed by atoms with Gasteiger partial charge in [0, 0.05) is 0 Å². The van der Waals surface area contributed by atoms with Crippen LogP contribution in [0.2, 0.25) is 17.6 Å². The molecule has 0 aliphatic heterocycles. The Hall–Kier alpha value is -0.0831. The van der Waals surface area contributed by atoms with Gasteiger partial charge in [0.2, 0.25) is 0 Å². The first-order valence-electron chi connectivity index (χ1n) is 5.56. The molecule has 0 aromatic rings. The second-order valence-corrected chi connectivity index (χ2v) is 8.42. The summed E-state index contributed by atoms with van der Waals surface area (Å²) in [5, 5.41) is 0. The van der Waals surface area contributed by atoms with Gasteiger partial charge in [0.25, 0.3) is 0 Å². The van der Waals surface area contributed by atoms with Crippen LogP contribution in [-0.2, 0) is 0 Å². The molecule has 0 aromatic carbocycles. The number of hydrogen-bond acceptors (Lipinski definition) is 1. The van der Waals surface area contributed by atoms with E-state index in [9.17, 15) is 4.80 Å². The average Bonchev–Trinajstić information content (AvgIpc) is 2.19. The molecule has 1 aliphatic rings. The molecule has 0 saturated heterocycles. The van der Waals surface area contributed by atoms with Gasteiger partial charge in [-0.3, -0.25) is 0 Å². The molecule has 0 spiro atoms. The lowest BCUT2D eigenvalue weighted by Gasteiger charge is -2.34. The molecule has 1 rings (SSSR count). The standard InChI is InChI=1S/C11H22OSi/c1-3-10-13(12,4-2)11-8-6-5-7-9-11/h3,11-12H,1,4-10H2,2H3. The van der Waals surface area contributed by atoms with Crippen LogP contribution >= 0.6 is 0 Å². The first kappa shape index (κ1) is 11.0. The second-order valence-electron chi connectivity index (χ2n) is 4.28. The molecule has 0 bridgehead atoms. The van der Waals surface area contributed by atoms with Gasteiger partial charge in [-0.05, 0) is 17.6 Å². The van der Waals surface area contributed by atoms with Crippen molar-refractivity contribution in [3.05, 3.63) is 12.7 Å². The summed E-state index contributed by atoms with van der Waals surface area (Å²) in [5.74, 6) is 0. The maximum absolute atomic E-state index is 10.5. The van der Waals surface area contributed by atoms with Crippen molar-refractivity contribution in [2.45, 2.75) is 56.7 Å². The van der Waals surface area contributed by atoms with Crippen LogP contribution in [0.3, 0.4) is 0 Å². The van der Waals surface area contributed by atoms with Gasteiger partial charge in [0.1, 0.15) is 0 Å². The summed E-state index contributed by atoms with van der Waals surface area (Å²) in [7, 11) is -1.94. The van der Waals surface area contributed by atoms with Crippen molar-refractivity contribution in [2.75, 3.05) is 0 Å². The van der Waals surface area contributed by atoms with E-state index in [1.54, 1.807) is 0 Å². The van der Waals surface area contributed by atoms with Crippen molar-refractivity contribution in [1.29, 1.82) is 0 Å². The fourth-order valence-electron chi connectivity index (χ4n) is 2.49. The summed E-state index contributed by atoms with van der Waals surface area (Å²) in [6.45, 7) is 5.91. The smallest absolute Gasteiger partial charge is 0.195 e. The molecule has 1 aliphatic carbocycles. The lowest BCUT2D eigenvalue weighted by molar-refractivity contribution is 0.426. The van der Waals surface area contributed by atoms with Gasteiger partial charge in [0.05, 0.1) is 0 Å². The minimum Gasteiger partial charge on any atom is -0.431 e. The molecule has 13 heavy (non-hydrogen) atoms. The summed E-state index contributed by atoms with van der Waals surface area (Å²) in [6.07, 6.45) is 8.49. The molecule has 0 aromatic heterocycles. The SMILES string of the molecule is C=CC[Si](O)(CC)C1CCCCC1. The highest BCUT2D eigenvalue weighted by Crippen LogP contribution is 2.39. The predicted molar refractivity (Wildman–Crippen MR) is 60.3 cm³/mol. The lowest BCUT2D eigenvalue weighted by Crippen LogP contribution is -2.39. The second kappa shape index (κ2) is 4.96. The van der Waals surface area contributed by atoms with E-state index in [0.29, 0.717) is 5.54 Å². The van der Waals surface area contributed by atoms with Crippen molar-refractivity contribution < 1.29 is 4.80 Å². The van der Waals surface area contributed by atoms with Crippen LogP contribution in [-0.4, -0.2) is 13.1 Å². The highest BCUT2D eigenvalue weighted by Gasteiger charge is 2.37. The molecule has 1 nitrogen and oxygen atoms in total. The Bertz CT molecular complexity index is 163. The van der Waals surface area contributed by atoms with Crippen LogP contribution < -0.4 is 0 Å². The number of allylic oxidation sites excluding steroid dienone is 1. The molecule has 1 fully saturated rings. The minimum atomic E-state index is -1.94. The fourth-order valence-corrected chi connectivity index (χ4v) is 5.67. The Kier molecular flexibility index (Phi) is 4.20. The molecule has 0 heterocycles. The van der Waals surface area contributed by atoms with Gasteiger partial charge < -0.3 is 4.80 Å². The van der Waals surface area contributed by atoms with Crippen molar-refractivity contribution in [3.8, 4) is 0 Å². The summed E-state index contributed by atoms with van der Waals surface area (Å²) >= 11 is 0. The molecule has 0 radical (unpaired) electrons. The van der Waals surface area contributed by atoms with Crippen LogP contribution in [0, 0.1) is 0 Å². The van der Waals surface area contributed by atoms with Crippen molar-refractivity contribution in [1.82, 2.24) is 0 Å². The monoisotopic (exact) mass is 198 g/mol. The van der Waals surface area contributed by atoms with Gasteiger partial charge in [-0.15, -0.1) is 6.58 Å². The normalized spacial score (nSPS) is 23.8. The summed E-state index contributed by atoms with van der Waals surface area (Å²) in [5.41, 5.74) is 0.657. The maximum atomic E-state index is 10.5. The molecule has 76 valence electrons. The Morgan fingerprint density at radius 2 is 2.00 bits per heavy atom. The Labute approximate surface area is 83.0 Å². The Morgan fingerprint density at radius 3 is 2.46 bits per heavy atom. The largest absolute Gasteiger partial charge is 0.431 e. The number of rotatable bonds is 4. The third-order valence-electron chi connectivity index (χ3n) is 3.48. The zero-order chi connectivity index (χ0) is 9.73. The molecular formula is C11H22OSi. The van der Waals surface area contributed by atoms with E-state index in [-0.39, 0.29) is 0 Å². The van der Waals surface area contributed by atoms with Gasteiger partial charge in [0.15, 0.2) is 8.32 Å². The Balaban J connectivity index is 2.56. The van der Waals surface area contributed by atoms with E-state index in [4.69, 9.17) is 0 Å². The van der Waals surface area contributed by atoms with Crippen LogP contribution in [0.4, 0.5) is 0 Å². The van der Waals surface area contributed by atoms with E-state index in [0.717, 1.165) is 12.1 Å². The molecule has 0 amide bonds. The zero-order valence-corrected chi connectivity index (χ0v) is 9.76. The first-order valence-corrected chi connectivity index (χ1v) is 8.00. The van der Waals surface area contributed by atoms with Crippen molar-refractivity contribution >= 4 is 8.32 Å². The zero-order valence-electron chi connectivity index (χ0n) is 8.76. The van der Waals surface area contributed by atoms with E-state index in [1.165, 1.54) is 32.1 Å². The van der Waals surface area contributed by atoms with Crippen LogP contribution in [0.25, 0.3) is 0 Å². The molecule has 1 atom stereocenters. The van der Waals surface area contributed by atoms with E-state index < -0.39 is 8.32 Å².